The van der Waals surface area contributed by atoms with E-state index in [1.165, 1.54) is 0 Å². The van der Waals surface area contributed by atoms with Crippen molar-refractivity contribution in [3.05, 3.63) is 0 Å². The molecule has 0 fully saturated rings. The van der Waals surface area contributed by atoms with Crippen LogP contribution in [-0.4, -0.2) is 80.4 Å². The summed E-state index contributed by atoms with van der Waals surface area (Å²) in [6, 6.07) is 0. The Morgan fingerprint density at radius 2 is 1.75 bits per heavy atom. The normalized spacial score (nSPS) is 19.3. The monoisotopic (exact) mass is 237 g/mol. The van der Waals surface area contributed by atoms with Crippen LogP contribution < -0.4 is 0 Å². The molecule has 16 heavy (non-hydrogen) atoms. The van der Waals surface area contributed by atoms with Gasteiger partial charge in [-0.25, -0.2) is 0 Å². The standard InChI is InChI=1S/C8H15NO7/c10-3-5(12)8(16)7(15)4(11)1-9-2-6(13)14/h1,4-5,7-8,10-12,15-16H,2-3H2,(H,13,14)/b9-1-. The van der Waals surface area contributed by atoms with E-state index in [0.717, 1.165) is 6.21 Å². The third kappa shape index (κ3) is 5.14. The van der Waals surface area contributed by atoms with Gasteiger partial charge in [-0.15, -0.1) is 0 Å². The number of aliphatic imine (C=N–C) groups is 1. The van der Waals surface area contributed by atoms with Crippen molar-refractivity contribution in [2.75, 3.05) is 13.2 Å². The van der Waals surface area contributed by atoms with E-state index in [1.54, 1.807) is 0 Å². The lowest BCUT2D eigenvalue weighted by atomic mass is 10.0. The van der Waals surface area contributed by atoms with Crippen LogP contribution in [0.25, 0.3) is 0 Å². The Morgan fingerprint density at radius 1 is 1.19 bits per heavy atom. The van der Waals surface area contributed by atoms with Crippen LogP contribution >= 0.6 is 0 Å². The van der Waals surface area contributed by atoms with Gasteiger partial charge in [-0.05, 0) is 0 Å². The number of hydrogen-bond acceptors (Lipinski definition) is 7. The molecule has 0 rings (SSSR count). The zero-order chi connectivity index (χ0) is 12.7. The highest BCUT2D eigenvalue weighted by Crippen LogP contribution is 2.03. The Bertz CT molecular complexity index is 245. The molecule has 0 aromatic heterocycles. The Labute approximate surface area is 91.1 Å². The minimum Gasteiger partial charge on any atom is -0.480 e. The van der Waals surface area contributed by atoms with E-state index in [4.69, 9.17) is 20.4 Å². The predicted molar refractivity (Wildman–Crippen MR) is 52.1 cm³/mol. The van der Waals surface area contributed by atoms with Crippen LogP contribution in [0.4, 0.5) is 0 Å². The average Bonchev–Trinajstić information content (AvgIpc) is 2.25. The van der Waals surface area contributed by atoms with Gasteiger partial charge in [0.15, 0.2) is 0 Å². The molecule has 0 saturated heterocycles. The Balaban J connectivity index is 4.21. The minimum atomic E-state index is -1.76. The average molecular weight is 237 g/mol. The number of rotatable bonds is 7. The van der Waals surface area contributed by atoms with E-state index in [9.17, 15) is 15.0 Å². The van der Waals surface area contributed by atoms with Crippen molar-refractivity contribution in [2.24, 2.45) is 4.99 Å². The molecule has 6 N–H and O–H groups in total. The molecule has 0 saturated carbocycles. The van der Waals surface area contributed by atoms with Crippen molar-refractivity contribution in [2.45, 2.75) is 24.4 Å². The molecule has 0 aromatic rings. The zero-order valence-electron chi connectivity index (χ0n) is 8.34. The van der Waals surface area contributed by atoms with Gasteiger partial charge in [-0.2, -0.15) is 0 Å². The number of aliphatic hydroxyl groups excluding tert-OH is 5. The molecule has 0 aliphatic carbocycles. The minimum absolute atomic E-state index is 0.581. The number of carboxylic acid groups (broad SMARTS) is 1. The van der Waals surface area contributed by atoms with E-state index in [1.807, 2.05) is 0 Å². The van der Waals surface area contributed by atoms with E-state index in [2.05, 4.69) is 4.99 Å². The number of hydrogen-bond donors (Lipinski definition) is 6. The summed E-state index contributed by atoms with van der Waals surface area (Å²) in [5.41, 5.74) is 0. The van der Waals surface area contributed by atoms with Crippen molar-refractivity contribution in [3.63, 3.8) is 0 Å². The van der Waals surface area contributed by atoms with Gasteiger partial charge in [0, 0.05) is 6.21 Å². The third-order valence-corrected chi connectivity index (χ3v) is 1.77. The summed E-state index contributed by atoms with van der Waals surface area (Å²) in [5.74, 6) is -1.21. The molecule has 0 aromatic carbocycles. The van der Waals surface area contributed by atoms with Crippen molar-refractivity contribution in [1.29, 1.82) is 0 Å². The fourth-order valence-electron chi connectivity index (χ4n) is 0.865. The Hall–Kier alpha value is -1.06. The lowest BCUT2D eigenvalue weighted by molar-refractivity contribution is -0.135. The zero-order valence-corrected chi connectivity index (χ0v) is 8.34. The second kappa shape index (κ2) is 7.25. The van der Waals surface area contributed by atoms with Gasteiger partial charge >= 0.3 is 5.97 Å². The first-order chi connectivity index (χ1) is 7.40. The van der Waals surface area contributed by atoms with Crippen molar-refractivity contribution in [3.8, 4) is 0 Å². The molecule has 0 bridgehead atoms. The molecule has 94 valence electrons. The largest absolute Gasteiger partial charge is 0.480 e. The smallest absolute Gasteiger partial charge is 0.325 e. The third-order valence-electron chi connectivity index (χ3n) is 1.77. The topological polar surface area (TPSA) is 151 Å². The molecule has 8 heteroatoms. The lowest BCUT2D eigenvalue weighted by Crippen LogP contribution is -2.46. The molecule has 4 atom stereocenters. The van der Waals surface area contributed by atoms with E-state index >= 15 is 0 Å². The summed E-state index contributed by atoms with van der Waals surface area (Å²) in [6.07, 6.45) is -6.00. The summed E-state index contributed by atoms with van der Waals surface area (Å²) in [4.78, 5) is 13.3. The van der Waals surface area contributed by atoms with Crippen molar-refractivity contribution < 1.29 is 35.4 Å². The second-order valence-electron chi connectivity index (χ2n) is 3.11. The maximum absolute atomic E-state index is 10.1. The molecule has 0 radical (unpaired) electrons. The summed E-state index contributed by atoms with van der Waals surface area (Å²) in [7, 11) is 0. The molecule has 4 unspecified atom stereocenters. The van der Waals surface area contributed by atoms with Gasteiger partial charge in [0.25, 0.3) is 0 Å². The van der Waals surface area contributed by atoms with Crippen molar-refractivity contribution >= 4 is 12.2 Å². The predicted octanol–water partition coefficient (Wildman–Crippen LogP) is -3.42. The van der Waals surface area contributed by atoms with Crippen LogP contribution in [0.2, 0.25) is 0 Å². The quantitative estimate of drug-likeness (QED) is 0.252. The Morgan fingerprint density at radius 3 is 2.19 bits per heavy atom. The van der Waals surface area contributed by atoms with Crippen LogP contribution in [0.15, 0.2) is 4.99 Å². The molecule has 8 nitrogen and oxygen atoms in total. The molecular weight excluding hydrogens is 222 g/mol. The molecule has 0 aliphatic rings. The maximum atomic E-state index is 10.1. The highest BCUT2D eigenvalue weighted by atomic mass is 16.4. The van der Waals surface area contributed by atoms with Gasteiger partial charge in [0.05, 0.1) is 6.61 Å². The molecule has 0 heterocycles. The number of carboxylic acids is 1. The summed E-state index contributed by atoms with van der Waals surface area (Å²) >= 11 is 0. The first-order valence-electron chi connectivity index (χ1n) is 4.45. The molecule has 0 amide bonds. The van der Waals surface area contributed by atoms with Gasteiger partial charge in [0.2, 0.25) is 0 Å². The van der Waals surface area contributed by atoms with Crippen LogP contribution in [0, 0.1) is 0 Å². The molecule has 0 aliphatic heterocycles. The fourth-order valence-corrected chi connectivity index (χ4v) is 0.865. The maximum Gasteiger partial charge on any atom is 0.325 e. The first kappa shape index (κ1) is 14.9. The number of carbonyl (C=O) groups is 1. The second-order valence-corrected chi connectivity index (χ2v) is 3.11. The number of aliphatic hydroxyl groups is 5. The van der Waals surface area contributed by atoms with Crippen molar-refractivity contribution in [1.82, 2.24) is 0 Å². The lowest BCUT2D eigenvalue weighted by Gasteiger charge is -2.23. The summed E-state index contributed by atoms with van der Waals surface area (Å²) in [5, 5.41) is 53.3. The van der Waals surface area contributed by atoms with Gasteiger partial charge in [0.1, 0.15) is 31.0 Å². The fraction of sp³-hybridized carbons (Fsp3) is 0.750. The highest BCUT2D eigenvalue weighted by Gasteiger charge is 2.28. The summed E-state index contributed by atoms with van der Waals surface area (Å²) in [6.45, 7) is -1.36. The number of nitrogens with zero attached hydrogens (tertiary/aromatic N) is 1. The van der Waals surface area contributed by atoms with Crippen LogP contribution in [0.5, 0.6) is 0 Å². The van der Waals surface area contributed by atoms with Crippen LogP contribution in [-0.2, 0) is 4.79 Å². The van der Waals surface area contributed by atoms with Gasteiger partial charge in [-0.3, -0.25) is 9.79 Å². The first-order valence-corrected chi connectivity index (χ1v) is 4.45. The van der Waals surface area contributed by atoms with Crippen LogP contribution in [0.3, 0.4) is 0 Å². The van der Waals surface area contributed by atoms with E-state index < -0.39 is 43.5 Å². The highest BCUT2D eigenvalue weighted by molar-refractivity contribution is 5.73. The SMILES string of the molecule is O=C(O)C/N=C\C(O)C(O)C(O)C(O)CO. The number of aliphatic carboxylic acids is 1. The van der Waals surface area contributed by atoms with Gasteiger partial charge in [-0.1, -0.05) is 0 Å². The van der Waals surface area contributed by atoms with Crippen LogP contribution in [0.1, 0.15) is 0 Å². The Kier molecular flexibility index (Phi) is 6.77. The molecule has 0 spiro atoms. The van der Waals surface area contributed by atoms with E-state index in [-0.39, 0.29) is 0 Å². The van der Waals surface area contributed by atoms with Gasteiger partial charge < -0.3 is 30.6 Å². The summed E-state index contributed by atoms with van der Waals surface area (Å²) < 4.78 is 0. The van der Waals surface area contributed by atoms with E-state index in [0.29, 0.717) is 0 Å². The molecular formula is C8H15NO7.